The lowest BCUT2D eigenvalue weighted by Crippen LogP contribution is -2.34. The fourth-order valence-electron chi connectivity index (χ4n) is 2.54. The normalized spacial score (nSPS) is 18.0. The molecule has 1 unspecified atom stereocenters. The number of carbonyl (C=O) groups is 2. The fraction of sp³-hybridized carbons (Fsp3) is 0.500. The van der Waals surface area contributed by atoms with E-state index in [4.69, 9.17) is 0 Å². The minimum absolute atomic E-state index is 0.0860. The number of anilines is 1. The number of nitrogens with one attached hydrogen (secondary N) is 3. The molecular weight excluding hydrogens is 266 g/mol. The SMILES string of the molecule is CC(=O)Nc1ccc(CNC(=O)CC2CCCNC2)cc1. The molecule has 0 bridgehead atoms. The summed E-state index contributed by atoms with van der Waals surface area (Å²) >= 11 is 0. The molecule has 2 rings (SSSR count). The number of hydrogen-bond acceptors (Lipinski definition) is 3. The zero-order valence-electron chi connectivity index (χ0n) is 12.4. The van der Waals surface area contributed by atoms with Crippen LogP contribution in [0.4, 0.5) is 5.69 Å². The van der Waals surface area contributed by atoms with Crippen molar-refractivity contribution < 1.29 is 9.59 Å². The Kier molecular flexibility index (Phi) is 5.75. The molecule has 0 spiro atoms. The lowest BCUT2D eigenvalue weighted by molar-refractivity contribution is -0.122. The van der Waals surface area contributed by atoms with Crippen LogP contribution in [0.3, 0.4) is 0 Å². The van der Waals surface area contributed by atoms with E-state index in [9.17, 15) is 9.59 Å². The van der Waals surface area contributed by atoms with E-state index in [0.717, 1.165) is 37.2 Å². The van der Waals surface area contributed by atoms with Crippen LogP contribution in [0.2, 0.25) is 0 Å². The number of rotatable bonds is 5. The van der Waals surface area contributed by atoms with Gasteiger partial charge in [-0.1, -0.05) is 12.1 Å². The highest BCUT2D eigenvalue weighted by Crippen LogP contribution is 2.14. The van der Waals surface area contributed by atoms with E-state index in [1.165, 1.54) is 6.92 Å². The molecule has 5 nitrogen and oxygen atoms in total. The van der Waals surface area contributed by atoms with Gasteiger partial charge in [-0.3, -0.25) is 9.59 Å². The Balaban J connectivity index is 1.74. The van der Waals surface area contributed by atoms with Gasteiger partial charge in [-0.05, 0) is 49.5 Å². The van der Waals surface area contributed by atoms with Gasteiger partial charge in [0.15, 0.2) is 0 Å². The van der Waals surface area contributed by atoms with Crippen molar-refractivity contribution in [3.63, 3.8) is 0 Å². The summed E-state index contributed by atoms with van der Waals surface area (Å²) in [6.45, 7) is 4.02. The van der Waals surface area contributed by atoms with Gasteiger partial charge < -0.3 is 16.0 Å². The van der Waals surface area contributed by atoms with E-state index in [-0.39, 0.29) is 11.8 Å². The summed E-state index contributed by atoms with van der Waals surface area (Å²) in [6, 6.07) is 7.50. The molecule has 3 N–H and O–H groups in total. The van der Waals surface area contributed by atoms with Gasteiger partial charge in [0, 0.05) is 25.6 Å². The third-order valence-electron chi connectivity index (χ3n) is 3.64. The van der Waals surface area contributed by atoms with E-state index in [0.29, 0.717) is 18.9 Å². The van der Waals surface area contributed by atoms with E-state index >= 15 is 0 Å². The largest absolute Gasteiger partial charge is 0.352 e. The number of hydrogen-bond donors (Lipinski definition) is 3. The molecule has 1 saturated heterocycles. The fourth-order valence-corrected chi connectivity index (χ4v) is 2.54. The third kappa shape index (κ3) is 5.55. The van der Waals surface area contributed by atoms with Gasteiger partial charge in [0.25, 0.3) is 0 Å². The molecule has 1 fully saturated rings. The van der Waals surface area contributed by atoms with Crippen LogP contribution in [0.15, 0.2) is 24.3 Å². The van der Waals surface area contributed by atoms with Crippen molar-refractivity contribution in [3.05, 3.63) is 29.8 Å². The van der Waals surface area contributed by atoms with Crippen LogP contribution in [-0.2, 0) is 16.1 Å². The molecule has 1 aromatic rings. The van der Waals surface area contributed by atoms with Crippen molar-refractivity contribution in [2.24, 2.45) is 5.92 Å². The first-order valence-electron chi connectivity index (χ1n) is 7.47. The second kappa shape index (κ2) is 7.78. The molecule has 0 radical (unpaired) electrons. The van der Waals surface area contributed by atoms with Crippen LogP contribution < -0.4 is 16.0 Å². The Hall–Kier alpha value is -1.88. The maximum Gasteiger partial charge on any atom is 0.221 e. The van der Waals surface area contributed by atoms with Gasteiger partial charge in [0.2, 0.25) is 11.8 Å². The summed E-state index contributed by atoms with van der Waals surface area (Å²) in [7, 11) is 0. The Bertz CT molecular complexity index is 479. The lowest BCUT2D eigenvalue weighted by Gasteiger charge is -2.22. The average molecular weight is 289 g/mol. The summed E-state index contributed by atoms with van der Waals surface area (Å²) in [5.41, 5.74) is 1.80. The first kappa shape index (κ1) is 15.5. The Morgan fingerprint density at radius 1 is 1.29 bits per heavy atom. The summed E-state index contributed by atoms with van der Waals surface area (Å²) in [5.74, 6) is 0.479. The van der Waals surface area contributed by atoms with Crippen molar-refractivity contribution in [3.8, 4) is 0 Å². The molecule has 0 aliphatic carbocycles. The lowest BCUT2D eigenvalue weighted by atomic mass is 9.96. The zero-order valence-corrected chi connectivity index (χ0v) is 12.4. The molecule has 114 valence electrons. The number of carbonyl (C=O) groups excluding carboxylic acids is 2. The molecule has 1 atom stereocenters. The summed E-state index contributed by atoms with van der Waals surface area (Å²) in [5, 5.41) is 8.99. The molecule has 21 heavy (non-hydrogen) atoms. The third-order valence-corrected chi connectivity index (χ3v) is 3.64. The first-order valence-corrected chi connectivity index (χ1v) is 7.47. The summed E-state index contributed by atoms with van der Waals surface area (Å²) < 4.78 is 0. The van der Waals surface area contributed by atoms with Gasteiger partial charge >= 0.3 is 0 Å². The number of piperidine rings is 1. The molecule has 0 aromatic heterocycles. The average Bonchev–Trinajstić information content (AvgIpc) is 2.47. The highest BCUT2D eigenvalue weighted by Gasteiger charge is 2.16. The Labute approximate surface area is 125 Å². The van der Waals surface area contributed by atoms with Crippen molar-refractivity contribution in [1.82, 2.24) is 10.6 Å². The smallest absolute Gasteiger partial charge is 0.221 e. The van der Waals surface area contributed by atoms with Gasteiger partial charge in [0.05, 0.1) is 0 Å². The molecule has 1 aliphatic heterocycles. The molecule has 2 amide bonds. The second-order valence-electron chi connectivity index (χ2n) is 5.57. The van der Waals surface area contributed by atoms with Gasteiger partial charge in [-0.25, -0.2) is 0 Å². The van der Waals surface area contributed by atoms with Crippen molar-refractivity contribution in [1.29, 1.82) is 0 Å². The zero-order chi connectivity index (χ0) is 15.1. The van der Waals surface area contributed by atoms with E-state index in [2.05, 4.69) is 16.0 Å². The standard InChI is InChI=1S/C16H23N3O2/c1-12(20)19-15-6-4-13(5-7-15)11-18-16(21)9-14-3-2-8-17-10-14/h4-7,14,17H,2-3,8-11H2,1H3,(H,18,21)(H,19,20). The minimum atomic E-state index is -0.0860. The topological polar surface area (TPSA) is 70.2 Å². The van der Waals surface area contributed by atoms with E-state index in [1.54, 1.807) is 0 Å². The molecule has 1 heterocycles. The van der Waals surface area contributed by atoms with E-state index in [1.807, 2.05) is 24.3 Å². The monoisotopic (exact) mass is 289 g/mol. The predicted octanol–water partition coefficient (Wildman–Crippen LogP) is 1.65. The van der Waals surface area contributed by atoms with Crippen molar-refractivity contribution in [2.75, 3.05) is 18.4 Å². The van der Waals surface area contributed by atoms with Crippen LogP contribution in [0.5, 0.6) is 0 Å². The van der Waals surface area contributed by atoms with Crippen LogP contribution in [0.25, 0.3) is 0 Å². The van der Waals surface area contributed by atoms with Crippen LogP contribution in [-0.4, -0.2) is 24.9 Å². The number of benzene rings is 1. The molecule has 1 aliphatic rings. The van der Waals surface area contributed by atoms with Crippen LogP contribution >= 0.6 is 0 Å². The van der Waals surface area contributed by atoms with Crippen molar-refractivity contribution in [2.45, 2.75) is 32.7 Å². The van der Waals surface area contributed by atoms with Crippen LogP contribution in [0, 0.1) is 5.92 Å². The van der Waals surface area contributed by atoms with Gasteiger partial charge in [0.1, 0.15) is 0 Å². The summed E-state index contributed by atoms with van der Waals surface area (Å²) in [6.07, 6.45) is 2.88. The molecule has 1 aromatic carbocycles. The first-order chi connectivity index (χ1) is 10.1. The summed E-state index contributed by atoms with van der Waals surface area (Å²) in [4.78, 5) is 22.8. The van der Waals surface area contributed by atoms with Gasteiger partial charge in [-0.15, -0.1) is 0 Å². The Morgan fingerprint density at radius 2 is 2.05 bits per heavy atom. The molecule has 5 heteroatoms. The van der Waals surface area contributed by atoms with E-state index < -0.39 is 0 Å². The number of amides is 2. The van der Waals surface area contributed by atoms with Crippen LogP contribution in [0.1, 0.15) is 31.7 Å². The highest BCUT2D eigenvalue weighted by atomic mass is 16.2. The highest BCUT2D eigenvalue weighted by molar-refractivity contribution is 5.88. The van der Waals surface area contributed by atoms with Crippen molar-refractivity contribution >= 4 is 17.5 Å². The Morgan fingerprint density at radius 3 is 2.67 bits per heavy atom. The second-order valence-corrected chi connectivity index (χ2v) is 5.57. The molecular formula is C16H23N3O2. The predicted molar refractivity (Wildman–Crippen MR) is 82.8 cm³/mol. The van der Waals surface area contributed by atoms with Gasteiger partial charge in [-0.2, -0.15) is 0 Å². The minimum Gasteiger partial charge on any atom is -0.352 e. The molecule has 0 saturated carbocycles. The maximum absolute atomic E-state index is 11.9. The maximum atomic E-state index is 11.9. The quantitative estimate of drug-likeness (QED) is 0.772.